The van der Waals surface area contributed by atoms with Crippen LogP contribution in [0.3, 0.4) is 0 Å². The van der Waals surface area contributed by atoms with Crippen molar-refractivity contribution in [3.05, 3.63) is 28.2 Å². The Bertz CT molecular complexity index is 411. The van der Waals surface area contributed by atoms with Gasteiger partial charge in [0.2, 0.25) is 0 Å². The second kappa shape index (κ2) is 6.04. The molecule has 0 spiro atoms. The van der Waals surface area contributed by atoms with Gasteiger partial charge in [0.1, 0.15) is 0 Å². The zero-order valence-electron chi connectivity index (χ0n) is 11.0. The summed E-state index contributed by atoms with van der Waals surface area (Å²) in [6.07, 6.45) is 1.43. The summed E-state index contributed by atoms with van der Waals surface area (Å²) in [6, 6.07) is 6.58. The number of nitrogens with zero attached hydrogens (tertiary/aromatic N) is 1. The Balaban J connectivity index is 2.13. The summed E-state index contributed by atoms with van der Waals surface area (Å²) in [5.41, 5.74) is 7.99. The molecule has 100 valence electrons. The highest BCUT2D eigenvalue weighted by Crippen LogP contribution is 2.27. The van der Waals surface area contributed by atoms with Gasteiger partial charge in [0.05, 0.1) is 12.7 Å². The van der Waals surface area contributed by atoms with Crippen molar-refractivity contribution in [2.45, 2.75) is 39.0 Å². The van der Waals surface area contributed by atoms with Crippen molar-refractivity contribution in [2.24, 2.45) is 0 Å². The molecule has 2 unspecified atom stereocenters. The third kappa shape index (κ3) is 3.05. The minimum atomic E-state index is 0.313. The second-order valence-electron chi connectivity index (χ2n) is 4.96. The van der Waals surface area contributed by atoms with Crippen molar-refractivity contribution >= 4 is 21.6 Å². The van der Waals surface area contributed by atoms with Crippen LogP contribution in [-0.2, 0) is 11.3 Å². The van der Waals surface area contributed by atoms with Crippen LogP contribution in [-0.4, -0.2) is 30.2 Å². The molecule has 1 aromatic rings. The minimum Gasteiger partial charge on any atom is -0.398 e. The summed E-state index contributed by atoms with van der Waals surface area (Å²) >= 11 is 3.58. The third-order valence-electron chi connectivity index (χ3n) is 3.53. The van der Waals surface area contributed by atoms with Gasteiger partial charge in [-0.05, 0) is 40.9 Å². The van der Waals surface area contributed by atoms with Crippen molar-refractivity contribution in [2.75, 3.05) is 18.9 Å². The van der Waals surface area contributed by atoms with Gasteiger partial charge in [0.15, 0.2) is 0 Å². The number of anilines is 1. The summed E-state index contributed by atoms with van der Waals surface area (Å²) in [5.74, 6) is 0. The van der Waals surface area contributed by atoms with Crippen LogP contribution in [0.25, 0.3) is 0 Å². The molecule has 0 aliphatic carbocycles. The number of hydrogen-bond donors (Lipinski definition) is 1. The highest BCUT2D eigenvalue weighted by Gasteiger charge is 2.25. The molecule has 0 bridgehead atoms. The lowest BCUT2D eigenvalue weighted by Crippen LogP contribution is -2.47. The molecule has 18 heavy (non-hydrogen) atoms. The van der Waals surface area contributed by atoms with E-state index >= 15 is 0 Å². The van der Waals surface area contributed by atoms with Crippen molar-refractivity contribution in [1.29, 1.82) is 0 Å². The molecule has 1 saturated heterocycles. The Labute approximate surface area is 117 Å². The topological polar surface area (TPSA) is 38.5 Å². The molecule has 1 aliphatic heterocycles. The van der Waals surface area contributed by atoms with Gasteiger partial charge in [0, 0.05) is 29.3 Å². The van der Waals surface area contributed by atoms with Gasteiger partial charge in [-0.25, -0.2) is 0 Å². The summed E-state index contributed by atoms with van der Waals surface area (Å²) < 4.78 is 6.75. The summed E-state index contributed by atoms with van der Waals surface area (Å²) in [7, 11) is 0. The summed E-state index contributed by atoms with van der Waals surface area (Å²) in [5, 5.41) is 0. The number of hydrogen-bond acceptors (Lipinski definition) is 3. The lowest BCUT2D eigenvalue weighted by atomic mass is 10.1. The van der Waals surface area contributed by atoms with E-state index in [0.717, 1.165) is 36.3 Å². The van der Waals surface area contributed by atoms with Gasteiger partial charge >= 0.3 is 0 Å². The van der Waals surface area contributed by atoms with Crippen LogP contribution in [0.5, 0.6) is 0 Å². The highest BCUT2D eigenvalue weighted by molar-refractivity contribution is 9.10. The second-order valence-corrected chi connectivity index (χ2v) is 5.75. The molecule has 0 radical (unpaired) electrons. The van der Waals surface area contributed by atoms with E-state index in [0.29, 0.717) is 12.1 Å². The number of morpholine rings is 1. The predicted molar refractivity (Wildman–Crippen MR) is 78.5 cm³/mol. The third-order valence-corrected chi connectivity index (χ3v) is 4.50. The van der Waals surface area contributed by atoms with E-state index in [1.807, 2.05) is 12.1 Å². The molecule has 4 heteroatoms. The monoisotopic (exact) mass is 312 g/mol. The van der Waals surface area contributed by atoms with E-state index in [1.165, 1.54) is 5.56 Å². The number of nitrogen functional groups attached to an aromatic ring is 1. The molecular weight excluding hydrogens is 292 g/mol. The van der Waals surface area contributed by atoms with Crippen molar-refractivity contribution in [3.63, 3.8) is 0 Å². The molecule has 1 fully saturated rings. The van der Waals surface area contributed by atoms with Gasteiger partial charge < -0.3 is 10.5 Å². The van der Waals surface area contributed by atoms with Gasteiger partial charge in [-0.3, -0.25) is 4.90 Å². The Hall–Kier alpha value is -0.580. The van der Waals surface area contributed by atoms with Crippen molar-refractivity contribution in [1.82, 2.24) is 4.90 Å². The lowest BCUT2D eigenvalue weighted by Gasteiger charge is -2.38. The smallest absolute Gasteiger partial charge is 0.0674 e. The molecule has 2 N–H and O–H groups in total. The van der Waals surface area contributed by atoms with Gasteiger partial charge in [0.25, 0.3) is 0 Å². The fourth-order valence-electron chi connectivity index (χ4n) is 2.42. The normalized spacial score (nSPS) is 25.3. The van der Waals surface area contributed by atoms with Gasteiger partial charge in [-0.2, -0.15) is 0 Å². The minimum absolute atomic E-state index is 0.313. The Kier molecular flexibility index (Phi) is 4.65. The predicted octanol–water partition coefficient (Wildman–Crippen LogP) is 3.03. The Morgan fingerprint density at radius 3 is 3.00 bits per heavy atom. The van der Waals surface area contributed by atoms with Crippen LogP contribution >= 0.6 is 15.9 Å². The quantitative estimate of drug-likeness (QED) is 0.872. The highest BCUT2D eigenvalue weighted by atomic mass is 79.9. The van der Waals surface area contributed by atoms with Gasteiger partial charge in [-0.1, -0.05) is 19.1 Å². The van der Waals surface area contributed by atoms with E-state index in [-0.39, 0.29) is 0 Å². The van der Waals surface area contributed by atoms with Crippen LogP contribution in [0.2, 0.25) is 0 Å². The van der Waals surface area contributed by atoms with Crippen LogP contribution in [0, 0.1) is 0 Å². The zero-order chi connectivity index (χ0) is 13.1. The number of nitrogens with two attached hydrogens (primary N) is 1. The molecule has 0 amide bonds. The molecule has 2 rings (SSSR count). The maximum atomic E-state index is 5.93. The molecule has 1 aromatic carbocycles. The van der Waals surface area contributed by atoms with Crippen LogP contribution < -0.4 is 5.73 Å². The molecule has 1 aliphatic rings. The first-order valence-electron chi connectivity index (χ1n) is 6.50. The van der Waals surface area contributed by atoms with E-state index in [1.54, 1.807) is 0 Å². The average molecular weight is 313 g/mol. The number of ether oxygens (including phenoxy) is 1. The first kappa shape index (κ1) is 13.8. The first-order chi connectivity index (χ1) is 8.61. The van der Waals surface area contributed by atoms with E-state index < -0.39 is 0 Å². The zero-order valence-corrected chi connectivity index (χ0v) is 12.6. The molecule has 3 nitrogen and oxygen atoms in total. The maximum absolute atomic E-state index is 5.93. The fraction of sp³-hybridized carbons (Fsp3) is 0.571. The average Bonchev–Trinajstić information content (AvgIpc) is 2.35. The number of halogens is 1. The van der Waals surface area contributed by atoms with Crippen molar-refractivity contribution in [3.8, 4) is 0 Å². The lowest BCUT2D eigenvalue weighted by molar-refractivity contribution is -0.0592. The summed E-state index contributed by atoms with van der Waals surface area (Å²) in [6.45, 7) is 7.09. The number of benzene rings is 1. The van der Waals surface area contributed by atoms with Gasteiger partial charge in [-0.15, -0.1) is 0 Å². The Morgan fingerprint density at radius 2 is 2.28 bits per heavy atom. The van der Waals surface area contributed by atoms with Crippen LogP contribution in [0.4, 0.5) is 5.69 Å². The standard InChI is InChI=1S/C14H21BrN2O/c1-3-12-9-18-10(2)7-17(12)8-11-5-4-6-13(16)14(11)15/h4-6,10,12H,3,7-9,16H2,1-2H3. The Morgan fingerprint density at radius 1 is 1.50 bits per heavy atom. The largest absolute Gasteiger partial charge is 0.398 e. The maximum Gasteiger partial charge on any atom is 0.0674 e. The van der Waals surface area contributed by atoms with Crippen LogP contribution in [0.15, 0.2) is 22.7 Å². The molecule has 2 atom stereocenters. The molecule has 1 heterocycles. The first-order valence-corrected chi connectivity index (χ1v) is 7.29. The van der Waals surface area contributed by atoms with E-state index in [9.17, 15) is 0 Å². The summed E-state index contributed by atoms with van der Waals surface area (Å²) in [4.78, 5) is 2.49. The van der Waals surface area contributed by atoms with E-state index in [4.69, 9.17) is 10.5 Å². The SMILES string of the molecule is CCC1COC(C)CN1Cc1cccc(N)c1Br. The fourth-order valence-corrected chi connectivity index (χ4v) is 2.81. The molecule has 0 saturated carbocycles. The van der Waals surface area contributed by atoms with E-state index in [2.05, 4.69) is 40.7 Å². The van der Waals surface area contributed by atoms with Crippen molar-refractivity contribution < 1.29 is 4.74 Å². The molecule has 0 aromatic heterocycles. The number of rotatable bonds is 3. The van der Waals surface area contributed by atoms with Crippen LogP contribution in [0.1, 0.15) is 25.8 Å². The molecular formula is C14H21BrN2O.